The molecule has 9 nitrogen and oxygen atoms in total. The molecule has 1 aromatic heterocycles. The average Bonchev–Trinajstić information content (AvgIpc) is 3.35. The summed E-state index contributed by atoms with van der Waals surface area (Å²) in [4.78, 5) is 26.6. The Labute approximate surface area is 178 Å². The molecule has 156 valence electrons. The van der Waals surface area contributed by atoms with Gasteiger partial charge in [0.1, 0.15) is 6.61 Å². The summed E-state index contributed by atoms with van der Waals surface area (Å²) in [7, 11) is 0. The molecule has 30 heavy (non-hydrogen) atoms. The Morgan fingerprint density at radius 1 is 1.23 bits per heavy atom. The van der Waals surface area contributed by atoms with Crippen molar-refractivity contribution in [3.8, 4) is 0 Å². The molecule has 1 N–H and O–H groups in total. The van der Waals surface area contributed by atoms with Gasteiger partial charge >= 0.3 is 12.1 Å². The van der Waals surface area contributed by atoms with Crippen LogP contribution in [0.4, 0.5) is 9.59 Å². The molecule has 0 aliphatic carbocycles. The lowest BCUT2D eigenvalue weighted by Crippen LogP contribution is -2.46. The van der Waals surface area contributed by atoms with Crippen LogP contribution in [0, 0.1) is 6.92 Å². The maximum Gasteiger partial charge on any atom is 0.410 e. The van der Waals surface area contributed by atoms with Gasteiger partial charge in [-0.2, -0.15) is 10.2 Å². The number of amides is 3. The van der Waals surface area contributed by atoms with Gasteiger partial charge in [-0.25, -0.2) is 14.6 Å². The second-order valence-corrected chi connectivity index (χ2v) is 7.60. The highest BCUT2D eigenvalue weighted by Crippen LogP contribution is 2.23. The van der Waals surface area contributed by atoms with Crippen molar-refractivity contribution in [1.82, 2.24) is 25.4 Å². The maximum absolute atomic E-state index is 12.9. The van der Waals surface area contributed by atoms with Crippen LogP contribution in [0.2, 0.25) is 5.15 Å². The van der Waals surface area contributed by atoms with Crippen LogP contribution in [0.1, 0.15) is 29.8 Å². The van der Waals surface area contributed by atoms with E-state index in [1.54, 1.807) is 24.0 Å². The van der Waals surface area contributed by atoms with Crippen LogP contribution >= 0.6 is 11.6 Å². The lowest BCUT2D eigenvalue weighted by molar-refractivity contribution is 0.150. The molecular formula is C20H21ClN6O3. The molecule has 10 heteroatoms. The third-order valence-corrected chi connectivity index (χ3v) is 5.28. The number of carbonyl (C=O) groups is 2. The van der Waals surface area contributed by atoms with Crippen LogP contribution in [0.5, 0.6) is 0 Å². The summed E-state index contributed by atoms with van der Waals surface area (Å²) in [6.07, 6.45) is -0.396. The van der Waals surface area contributed by atoms with Crippen LogP contribution in [-0.4, -0.2) is 63.7 Å². The lowest BCUT2D eigenvalue weighted by Gasteiger charge is -2.23. The quantitative estimate of drug-likeness (QED) is 0.807. The van der Waals surface area contributed by atoms with E-state index in [9.17, 15) is 9.59 Å². The van der Waals surface area contributed by atoms with Crippen LogP contribution in [0.3, 0.4) is 0 Å². The number of carbonyl (C=O) groups excluding carboxylic acids is 2. The molecule has 1 aromatic carbocycles. The van der Waals surface area contributed by atoms with E-state index in [-0.39, 0.29) is 23.8 Å². The molecular weight excluding hydrogens is 408 g/mol. The van der Waals surface area contributed by atoms with Gasteiger partial charge in [-0.15, -0.1) is 5.10 Å². The molecule has 3 heterocycles. The van der Waals surface area contributed by atoms with E-state index >= 15 is 0 Å². The number of hydrazone groups is 1. The molecule has 0 radical (unpaired) electrons. The Morgan fingerprint density at radius 2 is 2.00 bits per heavy atom. The van der Waals surface area contributed by atoms with Crippen LogP contribution < -0.4 is 5.32 Å². The van der Waals surface area contributed by atoms with Gasteiger partial charge in [-0.05, 0) is 31.5 Å². The van der Waals surface area contributed by atoms with Crippen molar-refractivity contribution in [1.29, 1.82) is 0 Å². The van der Waals surface area contributed by atoms with Gasteiger partial charge in [0.2, 0.25) is 0 Å². The second-order valence-electron chi connectivity index (χ2n) is 7.21. The van der Waals surface area contributed by atoms with E-state index in [0.717, 1.165) is 11.1 Å². The first kappa shape index (κ1) is 20.1. The monoisotopic (exact) mass is 428 g/mol. The van der Waals surface area contributed by atoms with Gasteiger partial charge in [-0.1, -0.05) is 41.4 Å². The fraction of sp³-hybridized carbons (Fsp3) is 0.350. The number of ether oxygens (including phenoxy) is 1. The zero-order valence-corrected chi connectivity index (χ0v) is 17.3. The predicted octanol–water partition coefficient (Wildman–Crippen LogP) is 2.75. The van der Waals surface area contributed by atoms with Crippen molar-refractivity contribution in [2.75, 3.05) is 19.7 Å². The zero-order valence-electron chi connectivity index (χ0n) is 16.6. The van der Waals surface area contributed by atoms with E-state index in [0.29, 0.717) is 24.6 Å². The van der Waals surface area contributed by atoms with Gasteiger partial charge in [0.25, 0.3) is 0 Å². The molecule has 2 aromatic rings. The molecule has 0 saturated carbocycles. The molecule has 0 bridgehead atoms. The van der Waals surface area contributed by atoms with Crippen molar-refractivity contribution in [3.05, 3.63) is 58.4 Å². The maximum atomic E-state index is 12.9. The standard InChI is InChI=1S/C20H21ClN6O3/c1-12-3-5-14(6-4-12)18-16(26-9-10-30-20(26)29)11-27(25-18)19(28)22-13(2)15-7-8-17(21)24-23-15/h3-8,13,16H,9-11H2,1-2H3,(H,22,28)/t13-,16+/m1/s1. The summed E-state index contributed by atoms with van der Waals surface area (Å²) in [5.41, 5.74) is 3.21. The predicted molar refractivity (Wildman–Crippen MR) is 110 cm³/mol. The molecule has 2 aliphatic rings. The number of aryl methyl sites for hydroxylation is 1. The Bertz CT molecular complexity index is 979. The van der Waals surface area contributed by atoms with Gasteiger partial charge < -0.3 is 10.1 Å². The highest BCUT2D eigenvalue weighted by Gasteiger charge is 2.40. The molecule has 1 fully saturated rings. The third-order valence-electron chi connectivity index (χ3n) is 5.08. The molecule has 0 spiro atoms. The zero-order chi connectivity index (χ0) is 21.3. The number of benzene rings is 1. The summed E-state index contributed by atoms with van der Waals surface area (Å²) in [6, 6.07) is 9.99. The molecule has 1 saturated heterocycles. The van der Waals surface area contributed by atoms with Crippen molar-refractivity contribution in [3.63, 3.8) is 0 Å². The van der Waals surface area contributed by atoms with Crippen molar-refractivity contribution in [2.45, 2.75) is 25.9 Å². The molecule has 0 unspecified atom stereocenters. The minimum Gasteiger partial charge on any atom is -0.448 e. The fourth-order valence-corrected chi connectivity index (χ4v) is 3.52. The summed E-state index contributed by atoms with van der Waals surface area (Å²) in [5, 5.41) is 16.8. The Balaban J connectivity index is 1.55. The van der Waals surface area contributed by atoms with Crippen molar-refractivity contribution in [2.24, 2.45) is 5.10 Å². The number of cyclic esters (lactones) is 1. The second kappa shape index (κ2) is 8.27. The summed E-state index contributed by atoms with van der Waals surface area (Å²) < 4.78 is 5.10. The van der Waals surface area contributed by atoms with Gasteiger partial charge in [-0.3, -0.25) is 4.90 Å². The number of nitrogens with zero attached hydrogens (tertiary/aromatic N) is 5. The topological polar surface area (TPSA) is 100 Å². The molecule has 3 amide bonds. The van der Waals surface area contributed by atoms with E-state index < -0.39 is 12.1 Å². The molecule has 4 rings (SSSR count). The molecule has 2 atom stereocenters. The molecule has 2 aliphatic heterocycles. The Kier molecular flexibility index (Phi) is 5.54. The summed E-state index contributed by atoms with van der Waals surface area (Å²) in [5.74, 6) is 0. The number of halogens is 1. The smallest absolute Gasteiger partial charge is 0.410 e. The SMILES string of the molecule is Cc1ccc(C2=NN(C(=O)N[C@H](C)c3ccc(Cl)nn3)C[C@@H]2N2CCOC2=O)cc1. The average molecular weight is 429 g/mol. The largest absolute Gasteiger partial charge is 0.448 e. The number of nitrogens with one attached hydrogen (secondary N) is 1. The van der Waals surface area contributed by atoms with E-state index in [4.69, 9.17) is 16.3 Å². The van der Waals surface area contributed by atoms with Crippen molar-refractivity contribution >= 4 is 29.4 Å². The minimum atomic E-state index is -0.396. The van der Waals surface area contributed by atoms with Gasteiger partial charge in [0, 0.05) is 0 Å². The van der Waals surface area contributed by atoms with E-state index in [1.807, 2.05) is 31.2 Å². The van der Waals surface area contributed by atoms with Crippen molar-refractivity contribution < 1.29 is 14.3 Å². The minimum absolute atomic E-state index is 0.239. The van der Waals surface area contributed by atoms with Gasteiger partial charge in [0.15, 0.2) is 5.15 Å². The summed E-state index contributed by atoms with van der Waals surface area (Å²) >= 11 is 5.77. The number of rotatable bonds is 4. The van der Waals surface area contributed by atoms with Crippen LogP contribution in [0.25, 0.3) is 0 Å². The Hall–Kier alpha value is -3.20. The van der Waals surface area contributed by atoms with Gasteiger partial charge in [0.05, 0.1) is 36.6 Å². The lowest BCUT2D eigenvalue weighted by atomic mass is 10.0. The first-order valence-electron chi connectivity index (χ1n) is 9.58. The highest BCUT2D eigenvalue weighted by molar-refractivity contribution is 6.29. The summed E-state index contributed by atoms with van der Waals surface area (Å²) in [6.45, 7) is 4.82. The number of hydrogen-bond donors (Lipinski definition) is 1. The first-order chi connectivity index (χ1) is 14.4. The first-order valence-corrected chi connectivity index (χ1v) is 9.96. The fourth-order valence-electron chi connectivity index (χ4n) is 3.42. The van der Waals surface area contributed by atoms with E-state index in [1.165, 1.54) is 5.01 Å². The highest BCUT2D eigenvalue weighted by atomic mass is 35.5. The normalized spacial score (nSPS) is 19.5. The number of aromatic nitrogens is 2. The third kappa shape index (κ3) is 4.06. The number of urea groups is 1. The van der Waals surface area contributed by atoms with Crippen LogP contribution in [-0.2, 0) is 4.74 Å². The Morgan fingerprint density at radius 3 is 2.63 bits per heavy atom. The number of hydrogen-bond acceptors (Lipinski definition) is 6. The van der Waals surface area contributed by atoms with Crippen LogP contribution in [0.15, 0.2) is 41.5 Å². The van der Waals surface area contributed by atoms with E-state index in [2.05, 4.69) is 20.6 Å².